The Labute approximate surface area is 107 Å². The lowest BCUT2D eigenvalue weighted by molar-refractivity contribution is -0.182. The van der Waals surface area contributed by atoms with E-state index < -0.39 is 18.0 Å². The number of aliphatic hydroxyl groups excluding tert-OH is 1. The summed E-state index contributed by atoms with van der Waals surface area (Å²) in [6, 6.07) is 6.46. The first kappa shape index (κ1) is 13.5. The molecule has 4 heteroatoms. The molecule has 100 valence electrons. The second-order valence-electron chi connectivity index (χ2n) is 4.52. The second-order valence-corrected chi connectivity index (χ2v) is 4.52. The van der Waals surface area contributed by atoms with E-state index in [4.69, 9.17) is 9.47 Å². The lowest BCUT2D eigenvalue weighted by atomic mass is 10.0. The molecule has 2 atom stereocenters. The summed E-state index contributed by atoms with van der Waals surface area (Å²) in [5, 5.41) is 9.38. The molecule has 1 aromatic rings. The molecule has 0 spiro atoms. The zero-order chi connectivity index (χ0) is 13.2. The molecule has 1 saturated heterocycles. The van der Waals surface area contributed by atoms with E-state index in [1.165, 1.54) is 6.07 Å². The summed E-state index contributed by atoms with van der Waals surface area (Å²) >= 11 is 0. The normalized spacial score (nSPS) is 26.4. The molecule has 0 unspecified atom stereocenters. The zero-order valence-electron chi connectivity index (χ0n) is 10.7. The molecule has 0 amide bonds. The van der Waals surface area contributed by atoms with Gasteiger partial charge in [0.15, 0.2) is 5.79 Å². The highest BCUT2D eigenvalue weighted by Gasteiger charge is 2.46. The Morgan fingerprint density at radius 1 is 1.22 bits per heavy atom. The van der Waals surface area contributed by atoms with E-state index in [9.17, 15) is 9.50 Å². The molecule has 0 aliphatic carbocycles. The van der Waals surface area contributed by atoms with E-state index >= 15 is 0 Å². The quantitative estimate of drug-likeness (QED) is 0.898. The first-order chi connectivity index (χ1) is 8.65. The molecule has 1 aromatic carbocycles. The molecule has 0 bridgehead atoms. The minimum Gasteiger partial charge on any atom is -0.394 e. The summed E-state index contributed by atoms with van der Waals surface area (Å²) in [5.74, 6) is -1.03. The fourth-order valence-electron chi connectivity index (χ4n) is 2.36. The molecule has 1 fully saturated rings. The Balaban J connectivity index is 2.30. The first-order valence-electron chi connectivity index (χ1n) is 6.36. The van der Waals surface area contributed by atoms with Gasteiger partial charge in [0.05, 0.1) is 6.61 Å². The third-order valence-corrected chi connectivity index (χ3v) is 3.51. The van der Waals surface area contributed by atoms with Crippen LogP contribution in [-0.2, 0) is 9.47 Å². The number of rotatable bonds is 4. The van der Waals surface area contributed by atoms with Gasteiger partial charge in [-0.25, -0.2) is 4.39 Å². The average Bonchev–Trinajstić information content (AvgIpc) is 2.79. The molecule has 1 aliphatic rings. The highest BCUT2D eigenvalue weighted by Crippen LogP contribution is 2.42. The Hall–Kier alpha value is -0.970. The Morgan fingerprint density at radius 2 is 1.89 bits per heavy atom. The Bertz CT molecular complexity index is 404. The maximum absolute atomic E-state index is 13.8. The molecule has 18 heavy (non-hydrogen) atoms. The molecule has 0 aromatic heterocycles. The number of benzene rings is 1. The number of hydrogen-bond acceptors (Lipinski definition) is 3. The van der Waals surface area contributed by atoms with Crippen LogP contribution in [0.2, 0.25) is 0 Å². The summed E-state index contributed by atoms with van der Waals surface area (Å²) in [6.07, 6.45) is 0.286. The van der Waals surface area contributed by atoms with Crippen molar-refractivity contribution in [2.75, 3.05) is 6.61 Å². The fourth-order valence-corrected chi connectivity index (χ4v) is 2.36. The summed E-state index contributed by atoms with van der Waals surface area (Å²) in [5.41, 5.74) is 0.445. The number of hydrogen-bond donors (Lipinski definition) is 1. The van der Waals surface area contributed by atoms with Crippen molar-refractivity contribution in [1.82, 2.24) is 0 Å². The summed E-state index contributed by atoms with van der Waals surface area (Å²) < 4.78 is 25.5. The SMILES string of the molecule is CCC1(CC)O[C@H](c2ccccc2F)[C@@H](CO)O1. The third-order valence-electron chi connectivity index (χ3n) is 3.51. The lowest BCUT2D eigenvalue weighted by Crippen LogP contribution is -2.29. The van der Waals surface area contributed by atoms with Gasteiger partial charge in [-0.2, -0.15) is 0 Å². The standard InChI is InChI=1S/C14H19FO3/c1-3-14(4-2)17-12(9-16)13(18-14)10-7-5-6-8-11(10)15/h5-8,12-13,16H,3-4,9H2,1-2H3/t12-,13-/m1/s1. The second kappa shape index (κ2) is 5.34. The van der Waals surface area contributed by atoms with E-state index in [0.717, 1.165) is 0 Å². The smallest absolute Gasteiger partial charge is 0.169 e. The molecule has 0 radical (unpaired) electrons. The first-order valence-corrected chi connectivity index (χ1v) is 6.36. The van der Waals surface area contributed by atoms with Crippen LogP contribution in [0.1, 0.15) is 38.4 Å². The van der Waals surface area contributed by atoms with Gasteiger partial charge in [0.1, 0.15) is 18.0 Å². The Kier molecular flexibility index (Phi) is 4.00. The molecule has 0 saturated carbocycles. The van der Waals surface area contributed by atoms with Gasteiger partial charge in [0, 0.05) is 5.56 Å². The van der Waals surface area contributed by atoms with E-state index in [1.54, 1.807) is 18.2 Å². The van der Waals surface area contributed by atoms with E-state index in [2.05, 4.69) is 0 Å². The molecule has 2 rings (SSSR count). The predicted octanol–water partition coefficient (Wildman–Crippen LogP) is 2.79. The summed E-state index contributed by atoms with van der Waals surface area (Å²) in [7, 11) is 0. The van der Waals surface area contributed by atoms with E-state index in [-0.39, 0.29) is 12.4 Å². The van der Waals surface area contributed by atoms with Gasteiger partial charge in [-0.05, 0) is 18.9 Å². The van der Waals surface area contributed by atoms with Gasteiger partial charge >= 0.3 is 0 Å². The van der Waals surface area contributed by atoms with Crippen LogP contribution in [0.15, 0.2) is 24.3 Å². The van der Waals surface area contributed by atoms with Gasteiger partial charge < -0.3 is 14.6 Å². The fraction of sp³-hybridized carbons (Fsp3) is 0.571. The predicted molar refractivity (Wildman–Crippen MR) is 65.5 cm³/mol. The van der Waals surface area contributed by atoms with Crippen molar-refractivity contribution in [3.8, 4) is 0 Å². The van der Waals surface area contributed by atoms with Crippen LogP contribution < -0.4 is 0 Å². The monoisotopic (exact) mass is 254 g/mol. The molecule has 1 heterocycles. The van der Waals surface area contributed by atoms with E-state index in [1.807, 2.05) is 13.8 Å². The number of ether oxygens (including phenoxy) is 2. The topological polar surface area (TPSA) is 38.7 Å². The van der Waals surface area contributed by atoms with Gasteiger partial charge in [-0.15, -0.1) is 0 Å². The van der Waals surface area contributed by atoms with Crippen molar-refractivity contribution in [2.45, 2.75) is 44.7 Å². The molecule has 1 N–H and O–H groups in total. The molecular weight excluding hydrogens is 235 g/mol. The minimum atomic E-state index is -0.708. The number of halogens is 1. The number of aliphatic hydroxyl groups is 1. The van der Waals surface area contributed by atoms with Crippen molar-refractivity contribution in [2.24, 2.45) is 0 Å². The van der Waals surface area contributed by atoms with Gasteiger partial charge in [0.25, 0.3) is 0 Å². The Morgan fingerprint density at radius 3 is 2.44 bits per heavy atom. The molecule has 1 aliphatic heterocycles. The van der Waals surface area contributed by atoms with Crippen LogP contribution in [-0.4, -0.2) is 23.6 Å². The van der Waals surface area contributed by atoms with E-state index in [0.29, 0.717) is 18.4 Å². The highest BCUT2D eigenvalue weighted by atomic mass is 19.1. The van der Waals surface area contributed by atoms with Crippen molar-refractivity contribution in [1.29, 1.82) is 0 Å². The maximum Gasteiger partial charge on any atom is 0.169 e. The average molecular weight is 254 g/mol. The van der Waals surface area contributed by atoms with Crippen LogP contribution >= 0.6 is 0 Å². The van der Waals surface area contributed by atoms with Crippen LogP contribution in [0.25, 0.3) is 0 Å². The third kappa shape index (κ3) is 2.28. The zero-order valence-corrected chi connectivity index (χ0v) is 10.7. The molecule has 3 nitrogen and oxygen atoms in total. The van der Waals surface area contributed by atoms with Gasteiger partial charge in [-0.3, -0.25) is 0 Å². The van der Waals surface area contributed by atoms with Crippen LogP contribution in [0, 0.1) is 5.82 Å². The minimum absolute atomic E-state index is 0.180. The van der Waals surface area contributed by atoms with Gasteiger partial charge in [-0.1, -0.05) is 32.0 Å². The lowest BCUT2D eigenvalue weighted by Gasteiger charge is -2.25. The maximum atomic E-state index is 13.8. The highest BCUT2D eigenvalue weighted by molar-refractivity contribution is 5.22. The van der Waals surface area contributed by atoms with Crippen molar-refractivity contribution in [3.63, 3.8) is 0 Å². The van der Waals surface area contributed by atoms with Crippen molar-refractivity contribution in [3.05, 3.63) is 35.6 Å². The van der Waals surface area contributed by atoms with Crippen LogP contribution in [0.3, 0.4) is 0 Å². The van der Waals surface area contributed by atoms with Crippen molar-refractivity contribution >= 4 is 0 Å². The van der Waals surface area contributed by atoms with Crippen LogP contribution in [0.5, 0.6) is 0 Å². The summed E-state index contributed by atoms with van der Waals surface area (Å²) in [4.78, 5) is 0. The molecular formula is C14H19FO3. The van der Waals surface area contributed by atoms with Crippen molar-refractivity contribution < 1.29 is 19.0 Å². The van der Waals surface area contributed by atoms with Gasteiger partial charge in [0.2, 0.25) is 0 Å². The van der Waals surface area contributed by atoms with Crippen LogP contribution in [0.4, 0.5) is 4.39 Å². The largest absolute Gasteiger partial charge is 0.394 e. The summed E-state index contributed by atoms with van der Waals surface area (Å²) in [6.45, 7) is 3.74.